The third kappa shape index (κ3) is 5.90. The number of nitrogens with one attached hydrogen (secondary N) is 2. The smallest absolute Gasteiger partial charge is 0.273 e. The van der Waals surface area contributed by atoms with E-state index < -0.39 is 0 Å². The summed E-state index contributed by atoms with van der Waals surface area (Å²) in [5.74, 6) is 0.304. The average Bonchev–Trinajstić information content (AvgIpc) is 3.64. The molecular formula is C28H29N5O2S. The minimum atomic E-state index is -0.236. The first-order valence-corrected chi connectivity index (χ1v) is 13.0. The number of fused-ring (bicyclic) bond motifs is 1. The van der Waals surface area contributed by atoms with Crippen LogP contribution in [0.25, 0.3) is 10.9 Å². The molecule has 5 aromatic rings. The van der Waals surface area contributed by atoms with E-state index in [1.54, 1.807) is 17.5 Å². The van der Waals surface area contributed by atoms with Crippen molar-refractivity contribution in [1.29, 1.82) is 0 Å². The number of hydrogen-bond acceptors (Lipinski definition) is 6. The maximum Gasteiger partial charge on any atom is 0.273 e. The second-order valence-corrected chi connectivity index (χ2v) is 9.80. The van der Waals surface area contributed by atoms with E-state index in [1.165, 1.54) is 27.7 Å². The lowest BCUT2D eigenvalue weighted by atomic mass is 10.1. The Hall–Kier alpha value is -3.75. The first kappa shape index (κ1) is 24.0. The number of hydrogen-bond donors (Lipinski definition) is 2. The number of oxazole rings is 1. The van der Waals surface area contributed by atoms with E-state index in [4.69, 9.17) is 4.42 Å². The van der Waals surface area contributed by atoms with Crippen LogP contribution < -0.4 is 5.32 Å². The SMILES string of the molecule is Cc1ccsc1CN(CCc1c[nH]c2ccccc12)Cc1nc(C(=O)NCCc2ccccn2)co1. The first-order valence-electron chi connectivity index (χ1n) is 12.1. The largest absolute Gasteiger partial charge is 0.447 e. The summed E-state index contributed by atoms with van der Waals surface area (Å²) in [5.41, 5.74) is 4.97. The van der Waals surface area contributed by atoms with Gasteiger partial charge in [0.2, 0.25) is 5.89 Å². The van der Waals surface area contributed by atoms with E-state index in [1.807, 2.05) is 24.3 Å². The topological polar surface area (TPSA) is 87.0 Å². The zero-order valence-electron chi connectivity index (χ0n) is 20.2. The summed E-state index contributed by atoms with van der Waals surface area (Å²) in [6.45, 7) is 4.81. The van der Waals surface area contributed by atoms with Gasteiger partial charge >= 0.3 is 0 Å². The highest BCUT2D eigenvalue weighted by Crippen LogP contribution is 2.22. The minimum Gasteiger partial charge on any atom is -0.447 e. The fraction of sp³-hybridized carbons (Fsp3) is 0.250. The number of nitrogens with zero attached hydrogens (tertiary/aromatic N) is 3. The molecule has 0 saturated heterocycles. The number of aryl methyl sites for hydroxylation is 1. The molecule has 0 unspecified atom stereocenters. The number of aromatic amines is 1. The van der Waals surface area contributed by atoms with Crippen molar-refractivity contribution in [3.63, 3.8) is 0 Å². The van der Waals surface area contributed by atoms with Gasteiger partial charge in [-0.25, -0.2) is 4.98 Å². The Morgan fingerprint density at radius 2 is 2.00 bits per heavy atom. The van der Waals surface area contributed by atoms with Crippen molar-refractivity contribution < 1.29 is 9.21 Å². The molecule has 184 valence electrons. The zero-order chi connectivity index (χ0) is 24.7. The Morgan fingerprint density at radius 1 is 1.11 bits per heavy atom. The van der Waals surface area contributed by atoms with Crippen LogP contribution in [-0.4, -0.2) is 38.8 Å². The first-order chi connectivity index (χ1) is 17.7. The average molecular weight is 500 g/mol. The summed E-state index contributed by atoms with van der Waals surface area (Å²) in [6, 6.07) is 16.3. The normalized spacial score (nSPS) is 11.4. The fourth-order valence-corrected chi connectivity index (χ4v) is 5.17. The van der Waals surface area contributed by atoms with Crippen LogP contribution in [0.1, 0.15) is 38.1 Å². The molecule has 36 heavy (non-hydrogen) atoms. The number of aromatic nitrogens is 3. The molecule has 7 nitrogen and oxygen atoms in total. The molecule has 4 heterocycles. The summed E-state index contributed by atoms with van der Waals surface area (Å²) >= 11 is 1.76. The molecule has 0 aliphatic heterocycles. The van der Waals surface area contributed by atoms with E-state index in [0.29, 0.717) is 31.1 Å². The number of pyridine rings is 1. The molecule has 0 bridgehead atoms. The number of rotatable bonds is 11. The number of benzene rings is 1. The minimum absolute atomic E-state index is 0.236. The van der Waals surface area contributed by atoms with Gasteiger partial charge in [0.05, 0.1) is 6.54 Å². The van der Waals surface area contributed by atoms with Gasteiger partial charge in [0.25, 0.3) is 5.91 Å². The van der Waals surface area contributed by atoms with Gasteiger partial charge in [-0.1, -0.05) is 24.3 Å². The lowest BCUT2D eigenvalue weighted by molar-refractivity contribution is 0.0949. The van der Waals surface area contributed by atoms with Gasteiger partial charge in [0.1, 0.15) is 6.26 Å². The fourth-order valence-electron chi connectivity index (χ4n) is 4.22. The quantitative estimate of drug-likeness (QED) is 0.263. The summed E-state index contributed by atoms with van der Waals surface area (Å²) in [7, 11) is 0. The molecule has 0 spiro atoms. The Bertz CT molecular complexity index is 1420. The van der Waals surface area contributed by atoms with E-state index in [0.717, 1.165) is 30.7 Å². The van der Waals surface area contributed by atoms with Crippen LogP contribution in [0.2, 0.25) is 0 Å². The third-order valence-corrected chi connectivity index (χ3v) is 7.25. The van der Waals surface area contributed by atoms with Gasteiger partial charge in [0, 0.05) is 59.9 Å². The maximum atomic E-state index is 12.6. The summed E-state index contributed by atoms with van der Waals surface area (Å²) < 4.78 is 5.71. The van der Waals surface area contributed by atoms with Gasteiger partial charge < -0.3 is 14.7 Å². The van der Waals surface area contributed by atoms with Gasteiger partial charge in [-0.05, 0) is 54.1 Å². The van der Waals surface area contributed by atoms with Crippen LogP contribution in [0.3, 0.4) is 0 Å². The van der Waals surface area contributed by atoms with Crippen molar-refractivity contribution in [1.82, 2.24) is 25.2 Å². The molecule has 0 atom stereocenters. The highest BCUT2D eigenvalue weighted by atomic mass is 32.1. The second kappa shape index (κ2) is 11.3. The Kier molecular flexibility index (Phi) is 7.54. The summed E-state index contributed by atoms with van der Waals surface area (Å²) in [4.78, 5) is 28.4. The monoisotopic (exact) mass is 499 g/mol. The van der Waals surface area contributed by atoms with Crippen LogP contribution in [-0.2, 0) is 25.9 Å². The number of carbonyl (C=O) groups excluding carboxylic acids is 1. The Balaban J connectivity index is 1.22. The van der Waals surface area contributed by atoms with Crippen molar-refractivity contribution in [3.8, 4) is 0 Å². The van der Waals surface area contributed by atoms with Crippen LogP contribution in [0.4, 0.5) is 0 Å². The Morgan fingerprint density at radius 3 is 2.83 bits per heavy atom. The van der Waals surface area contributed by atoms with Crippen molar-refractivity contribution in [2.24, 2.45) is 0 Å². The third-order valence-electron chi connectivity index (χ3n) is 6.24. The predicted octanol–water partition coefficient (Wildman–Crippen LogP) is 5.14. The highest BCUT2D eigenvalue weighted by molar-refractivity contribution is 7.10. The second-order valence-electron chi connectivity index (χ2n) is 8.80. The van der Waals surface area contributed by atoms with Crippen molar-refractivity contribution in [2.45, 2.75) is 32.9 Å². The molecule has 0 aliphatic rings. The molecule has 0 saturated carbocycles. The van der Waals surface area contributed by atoms with Crippen LogP contribution in [0.5, 0.6) is 0 Å². The van der Waals surface area contributed by atoms with E-state index in [2.05, 4.69) is 67.9 Å². The molecule has 1 aromatic carbocycles. The lowest BCUT2D eigenvalue weighted by Crippen LogP contribution is -2.27. The zero-order valence-corrected chi connectivity index (χ0v) is 21.1. The van der Waals surface area contributed by atoms with Crippen LogP contribution in [0.15, 0.2) is 77.0 Å². The standard InChI is InChI=1S/C28H29N5O2S/c1-20-11-15-36-26(20)17-33(14-10-21-16-31-24-8-3-2-7-23(21)24)18-27-32-25(19-35-27)28(34)30-13-9-22-6-4-5-12-29-22/h2-8,11-12,15-16,19,31H,9-10,13-14,17-18H2,1H3,(H,30,34). The van der Waals surface area contributed by atoms with Gasteiger partial charge in [-0.2, -0.15) is 0 Å². The molecule has 2 N–H and O–H groups in total. The molecule has 0 aliphatic carbocycles. The molecule has 5 rings (SSSR count). The molecule has 0 fully saturated rings. The van der Waals surface area contributed by atoms with Gasteiger partial charge in [-0.15, -0.1) is 11.3 Å². The maximum absolute atomic E-state index is 12.6. The van der Waals surface area contributed by atoms with Gasteiger partial charge in [0.15, 0.2) is 5.69 Å². The predicted molar refractivity (Wildman–Crippen MR) is 142 cm³/mol. The lowest BCUT2D eigenvalue weighted by Gasteiger charge is -2.20. The van der Waals surface area contributed by atoms with Crippen LogP contribution in [0, 0.1) is 6.92 Å². The number of carbonyl (C=O) groups is 1. The number of amides is 1. The van der Waals surface area contributed by atoms with E-state index >= 15 is 0 Å². The van der Waals surface area contributed by atoms with Crippen molar-refractivity contribution in [3.05, 3.63) is 106 Å². The molecule has 8 heteroatoms. The summed E-state index contributed by atoms with van der Waals surface area (Å²) in [5, 5.41) is 6.28. The van der Waals surface area contributed by atoms with Gasteiger partial charge in [-0.3, -0.25) is 14.7 Å². The molecule has 4 aromatic heterocycles. The van der Waals surface area contributed by atoms with Crippen LogP contribution >= 0.6 is 11.3 Å². The number of thiophene rings is 1. The molecular weight excluding hydrogens is 470 g/mol. The highest BCUT2D eigenvalue weighted by Gasteiger charge is 2.17. The summed E-state index contributed by atoms with van der Waals surface area (Å²) in [6.07, 6.45) is 6.86. The Labute approximate surface area is 214 Å². The van der Waals surface area contributed by atoms with E-state index in [-0.39, 0.29) is 5.91 Å². The molecule has 0 radical (unpaired) electrons. The van der Waals surface area contributed by atoms with Crippen molar-refractivity contribution >= 4 is 28.1 Å². The number of para-hydroxylation sites is 1. The molecule has 1 amide bonds. The van der Waals surface area contributed by atoms with Crippen molar-refractivity contribution in [2.75, 3.05) is 13.1 Å². The van der Waals surface area contributed by atoms with E-state index in [9.17, 15) is 4.79 Å². The number of H-pyrrole nitrogens is 1.